The zero-order valence-electron chi connectivity index (χ0n) is 40.8. The molecule has 1 atom stereocenters. The van der Waals surface area contributed by atoms with E-state index in [0.717, 1.165) is 54.4 Å². The van der Waals surface area contributed by atoms with Crippen LogP contribution in [-0.4, -0.2) is 140 Å². The molecule has 396 valence electrons. The minimum absolute atomic E-state index is 0.188. The summed E-state index contributed by atoms with van der Waals surface area (Å²) in [7, 11) is 1.41. The number of aromatic nitrogens is 5. The first-order valence-electron chi connectivity index (χ1n) is 24.3. The van der Waals surface area contributed by atoms with Crippen LogP contribution in [0.25, 0.3) is 10.9 Å². The number of methoxy groups -OCH3 is 1. The molecule has 0 radical (unpaired) electrons. The summed E-state index contributed by atoms with van der Waals surface area (Å²) in [6.45, 7) is 7.35. The van der Waals surface area contributed by atoms with Crippen molar-refractivity contribution in [2.75, 3.05) is 108 Å². The number of aromatic amines is 1. The highest BCUT2D eigenvalue weighted by atomic mass is 19.4. The molecule has 2 fully saturated rings. The molecule has 73 heavy (non-hydrogen) atoms. The number of pyridine rings is 3. The number of carbonyl (C=O) groups is 3. The fourth-order valence-corrected chi connectivity index (χ4v) is 8.17. The maximum atomic E-state index is 13.0. The third kappa shape index (κ3) is 18.7. The fourth-order valence-electron chi connectivity index (χ4n) is 8.17. The van der Waals surface area contributed by atoms with Crippen LogP contribution in [0.4, 0.5) is 30.2 Å². The summed E-state index contributed by atoms with van der Waals surface area (Å²) in [5.74, 6) is -0.597. The van der Waals surface area contributed by atoms with Gasteiger partial charge < -0.3 is 58.9 Å². The number of aliphatic carboxylic acids is 1. The van der Waals surface area contributed by atoms with Crippen molar-refractivity contribution < 1.29 is 61.1 Å². The smallest absolute Gasteiger partial charge is 0.433 e. The zero-order chi connectivity index (χ0) is 51.8. The molecule has 1 saturated carbocycles. The number of nitrogens with one attached hydrogen (secondary N) is 4. The van der Waals surface area contributed by atoms with Gasteiger partial charge in [-0.15, -0.1) is 0 Å². The van der Waals surface area contributed by atoms with E-state index in [4.69, 9.17) is 33.5 Å². The van der Waals surface area contributed by atoms with Gasteiger partial charge in [0.05, 0.1) is 107 Å². The lowest BCUT2D eigenvalue weighted by Crippen LogP contribution is -2.41. The van der Waals surface area contributed by atoms with Gasteiger partial charge in [-0.25, -0.2) is 4.98 Å². The number of carboxylic acid groups (broad SMARTS) is 1. The lowest BCUT2D eigenvalue weighted by molar-refractivity contribution is -0.141. The number of anilines is 3. The van der Waals surface area contributed by atoms with Crippen molar-refractivity contribution >= 4 is 45.7 Å². The third-order valence-corrected chi connectivity index (χ3v) is 11.9. The lowest BCUT2D eigenvalue weighted by atomic mass is 9.89. The van der Waals surface area contributed by atoms with E-state index in [2.05, 4.69) is 41.0 Å². The summed E-state index contributed by atoms with van der Waals surface area (Å²) in [5.41, 5.74) is 0.304. The SMILES string of the molecule is COc1cc2[nH]ncc2cc1NC(=O)c1cccc(C(F)(F)F)n1.O=C(O)Cn1cc(NC(=O)C2CCCN(c3cncc(OCCOCCOCCOCCOCCNCC4CCCCC4)c3)C2)ccc1=O. The van der Waals surface area contributed by atoms with E-state index in [1.807, 2.05) is 6.07 Å². The molecular weight excluding hydrogens is 960 g/mol. The highest BCUT2D eigenvalue weighted by Gasteiger charge is 2.33. The Bertz CT molecular complexity index is 2580. The number of ether oxygens (including phenoxy) is 6. The number of fused-ring (bicyclic) bond motifs is 1. The van der Waals surface area contributed by atoms with Crippen LogP contribution in [0.15, 0.2) is 78.1 Å². The van der Waals surface area contributed by atoms with E-state index < -0.39 is 35.9 Å². The van der Waals surface area contributed by atoms with Crippen molar-refractivity contribution in [3.63, 3.8) is 0 Å². The average molecular weight is 1020 g/mol. The summed E-state index contributed by atoms with van der Waals surface area (Å²) in [6.07, 6.45) is 10.1. The minimum atomic E-state index is -4.62. The number of carbonyl (C=O) groups excluding carboxylic acids is 2. The quantitative estimate of drug-likeness (QED) is 0.0397. The molecule has 2 aliphatic rings. The second-order valence-electron chi connectivity index (χ2n) is 17.3. The Hall–Kier alpha value is -6.66. The molecular formula is C50H64F3N9O11. The van der Waals surface area contributed by atoms with E-state index in [-0.39, 0.29) is 17.5 Å². The number of alkyl halides is 3. The number of H-pyrrole nitrogens is 1. The Morgan fingerprint density at radius 3 is 2.27 bits per heavy atom. The Morgan fingerprint density at radius 2 is 1.56 bits per heavy atom. The Balaban J connectivity index is 0.000000301. The topological polar surface area (TPSA) is 243 Å². The number of carboxylic acids is 1. The summed E-state index contributed by atoms with van der Waals surface area (Å²) < 4.78 is 72.5. The molecule has 1 unspecified atom stereocenters. The number of amides is 2. The van der Waals surface area contributed by atoms with Crippen molar-refractivity contribution in [3.05, 3.63) is 95.1 Å². The van der Waals surface area contributed by atoms with Crippen molar-refractivity contribution in [3.8, 4) is 11.5 Å². The van der Waals surface area contributed by atoms with Crippen molar-refractivity contribution in [1.29, 1.82) is 0 Å². The zero-order valence-corrected chi connectivity index (χ0v) is 40.8. The van der Waals surface area contributed by atoms with Crippen molar-refractivity contribution in [1.82, 2.24) is 30.0 Å². The van der Waals surface area contributed by atoms with E-state index >= 15 is 0 Å². The molecule has 20 nitrogen and oxygen atoms in total. The minimum Gasteiger partial charge on any atom is -0.494 e. The molecule has 5 aromatic rings. The Labute approximate surface area is 420 Å². The van der Waals surface area contributed by atoms with Gasteiger partial charge >= 0.3 is 12.1 Å². The van der Waals surface area contributed by atoms with Gasteiger partial charge in [-0.2, -0.15) is 18.3 Å². The molecule has 5 N–H and O–H groups in total. The van der Waals surface area contributed by atoms with Gasteiger partial charge in [-0.3, -0.25) is 29.3 Å². The summed E-state index contributed by atoms with van der Waals surface area (Å²) in [6, 6.07) is 11.0. The second-order valence-corrected chi connectivity index (χ2v) is 17.3. The highest BCUT2D eigenvalue weighted by Crippen LogP contribution is 2.31. The van der Waals surface area contributed by atoms with Gasteiger partial charge in [0.1, 0.15) is 36.0 Å². The highest BCUT2D eigenvalue weighted by molar-refractivity contribution is 6.05. The predicted octanol–water partition coefficient (Wildman–Crippen LogP) is 6.04. The predicted molar refractivity (Wildman–Crippen MR) is 264 cm³/mol. The summed E-state index contributed by atoms with van der Waals surface area (Å²) >= 11 is 0. The molecule has 5 heterocycles. The number of piperidine rings is 1. The van der Waals surface area contributed by atoms with E-state index in [1.165, 1.54) is 63.6 Å². The number of rotatable bonds is 26. The molecule has 1 aromatic carbocycles. The Kier molecular flexibility index (Phi) is 22.2. The van der Waals surface area contributed by atoms with Gasteiger partial charge in [-0.1, -0.05) is 25.3 Å². The summed E-state index contributed by atoms with van der Waals surface area (Å²) in [5, 5.41) is 25.2. The lowest BCUT2D eigenvalue weighted by Gasteiger charge is -2.33. The fraction of sp³-hybridized carbons (Fsp3) is 0.500. The van der Waals surface area contributed by atoms with Crippen LogP contribution < -0.4 is 35.9 Å². The second kappa shape index (κ2) is 29.1. The van der Waals surface area contributed by atoms with E-state index in [0.29, 0.717) is 106 Å². The van der Waals surface area contributed by atoms with Crippen LogP contribution in [0.5, 0.6) is 11.5 Å². The van der Waals surface area contributed by atoms with Crippen molar-refractivity contribution in [2.45, 2.75) is 57.7 Å². The van der Waals surface area contributed by atoms with E-state index in [9.17, 15) is 32.3 Å². The van der Waals surface area contributed by atoms with Crippen LogP contribution >= 0.6 is 0 Å². The molecule has 2 amide bonds. The number of hydrogen-bond donors (Lipinski definition) is 5. The molecule has 0 bridgehead atoms. The normalized spacial score (nSPS) is 15.1. The first-order chi connectivity index (χ1) is 35.4. The number of halogens is 3. The molecule has 1 aliphatic heterocycles. The van der Waals surface area contributed by atoms with Crippen LogP contribution in [0.3, 0.4) is 0 Å². The molecule has 1 aliphatic carbocycles. The number of nitrogens with zero attached hydrogens (tertiary/aromatic N) is 5. The number of hydrogen-bond acceptors (Lipinski definition) is 15. The summed E-state index contributed by atoms with van der Waals surface area (Å²) in [4.78, 5) is 57.9. The van der Waals surface area contributed by atoms with Crippen molar-refractivity contribution in [2.24, 2.45) is 11.8 Å². The molecule has 4 aromatic heterocycles. The monoisotopic (exact) mass is 1020 g/mol. The number of benzene rings is 1. The van der Waals surface area contributed by atoms with Crippen LogP contribution in [-0.2, 0) is 41.3 Å². The third-order valence-electron chi connectivity index (χ3n) is 11.9. The molecule has 1 saturated heterocycles. The van der Waals surface area contributed by atoms with Gasteiger partial charge in [-0.05, 0) is 62.4 Å². The van der Waals surface area contributed by atoms with E-state index in [1.54, 1.807) is 30.7 Å². The van der Waals surface area contributed by atoms with Crippen LogP contribution in [0.2, 0.25) is 0 Å². The molecule has 23 heteroatoms. The van der Waals surface area contributed by atoms with Gasteiger partial charge in [0.25, 0.3) is 11.5 Å². The van der Waals surface area contributed by atoms with Crippen LogP contribution in [0.1, 0.15) is 61.1 Å². The maximum absolute atomic E-state index is 13.0. The maximum Gasteiger partial charge on any atom is 0.433 e. The van der Waals surface area contributed by atoms with Gasteiger partial charge in [0, 0.05) is 49.4 Å². The largest absolute Gasteiger partial charge is 0.494 e. The standard InChI is InChI=1S/C35H53N5O9.C15H11F3N4O2/c41-33-9-8-30(26-40(33)27-34(42)43)38-35(44)29-7-4-11-39(25-29)31-21-32(24-37-23-31)49-20-19-48-18-17-47-16-15-46-14-13-45-12-10-36-22-28-5-2-1-3-6-28;1-24-12-6-10-8(7-19-22-10)5-11(12)21-14(23)9-3-2-4-13(20-9)15(16,17)18/h8-9,21,23-24,26,28-29,36H,1-7,10-20,22,25,27H2,(H,38,44)(H,42,43);2-7H,1H3,(H,19,22)(H,21,23). The van der Waals surface area contributed by atoms with Gasteiger partial charge in [0.2, 0.25) is 5.91 Å². The molecule has 7 rings (SSSR count). The van der Waals surface area contributed by atoms with Crippen LogP contribution in [0, 0.1) is 11.8 Å². The first-order valence-corrected chi connectivity index (χ1v) is 24.3. The Morgan fingerprint density at radius 1 is 0.836 bits per heavy atom. The first kappa shape index (κ1) is 55.7. The average Bonchev–Trinajstić information content (AvgIpc) is 3.85. The molecule has 0 spiro atoms. The van der Waals surface area contributed by atoms with Gasteiger partial charge in [0.15, 0.2) is 0 Å².